The first kappa shape index (κ1) is 25.4. The second-order valence-electron chi connectivity index (χ2n) is 10.5. The number of esters is 1. The maximum absolute atomic E-state index is 12.1. The van der Waals surface area contributed by atoms with Crippen molar-refractivity contribution in [2.45, 2.75) is 46.8 Å². The fraction of sp³-hybridized carbons (Fsp3) is 0.345. The molecule has 0 aliphatic carbocycles. The van der Waals surface area contributed by atoms with E-state index >= 15 is 0 Å². The van der Waals surface area contributed by atoms with Crippen LogP contribution in [0.4, 0.5) is 0 Å². The molecule has 0 aliphatic heterocycles. The van der Waals surface area contributed by atoms with Crippen LogP contribution in [-0.2, 0) is 20.9 Å². The summed E-state index contributed by atoms with van der Waals surface area (Å²) in [4.78, 5) is 16.7. The van der Waals surface area contributed by atoms with Gasteiger partial charge in [0.2, 0.25) is 0 Å². The third kappa shape index (κ3) is 5.74. The van der Waals surface area contributed by atoms with E-state index < -0.39 is 11.6 Å². The molecule has 7 nitrogen and oxygen atoms in total. The van der Waals surface area contributed by atoms with Gasteiger partial charge in [0.25, 0.3) is 0 Å². The van der Waals surface area contributed by atoms with Crippen molar-refractivity contribution < 1.29 is 19.0 Å². The van der Waals surface area contributed by atoms with Gasteiger partial charge in [0, 0.05) is 17.1 Å². The smallest absolute Gasteiger partial charge is 0.337 e. The number of hydrogen-bond acceptors (Lipinski definition) is 6. The number of fused-ring (bicyclic) bond motifs is 1. The number of para-hydroxylation sites is 1. The molecular formula is C29H33N3O4. The molecule has 0 saturated heterocycles. The Bertz CT molecular complexity index is 1360. The normalized spacial score (nSPS) is 12.1. The van der Waals surface area contributed by atoms with E-state index in [0.29, 0.717) is 12.3 Å². The molecule has 0 fully saturated rings. The molecule has 0 saturated carbocycles. The molecule has 0 radical (unpaired) electrons. The lowest BCUT2D eigenvalue weighted by Crippen LogP contribution is -2.35. The monoisotopic (exact) mass is 487 g/mol. The Hall–Kier alpha value is -3.71. The summed E-state index contributed by atoms with van der Waals surface area (Å²) >= 11 is 0. The predicted molar refractivity (Wildman–Crippen MR) is 140 cm³/mol. The summed E-state index contributed by atoms with van der Waals surface area (Å²) < 4.78 is 18.7. The van der Waals surface area contributed by atoms with E-state index in [0.717, 1.165) is 33.6 Å². The van der Waals surface area contributed by atoms with Gasteiger partial charge in [0.15, 0.2) is 5.60 Å². The molecule has 4 rings (SSSR count). The molecule has 0 N–H and O–H groups in total. The van der Waals surface area contributed by atoms with Gasteiger partial charge < -0.3 is 14.2 Å². The minimum atomic E-state index is -1.10. The van der Waals surface area contributed by atoms with Gasteiger partial charge in [-0.1, -0.05) is 51.1 Å². The van der Waals surface area contributed by atoms with Gasteiger partial charge in [-0.3, -0.25) is 4.98 Å². The third-order valence-electron chi connectivity index (χ3n) is 5.66. The lowest BCUT2D eigenvalue weighted by molar-refractivity contribution is -0.166. The van der Waals surface area contributed by atoms with Crippen molar-refractivity contribution in [3.05, 3.63) is 72.6 Å². The SMILES string of the molecule is COC(=O)C(C)(C)OCc1cc(-c2cccc(OCC(C)(C)C)c2)n(-c2cccc3cccnc23)n1. The van der Waals surface area contributed by atoms with Gasteiger partial charge in [0.05, 0.1) is 42.9 Å². The van der Waals surface area contributed by atoms with Crippen molar-refractivity contribution in [2.75, 3.05) is 13.7 Å². The van der Waals surface area contributed by atoms with Crippen LogP contribution in [-0.4, -0.2) is 40.1 Å². The Labute approximate surface area is 212 Å². The van der Waals surface area contributed by atoms with Gasteiger partial charge in [-0.25, -0.2) is 9.48 Å². The lowest BCUT2D eigenvalue weighted by Gasteiger charge is -2.21. The number of ether oxygens (including phenoxy) is 3. The van der Waals surface area contributed by atoms with E-state index in [2.05, 4.69) is 25.8 Å². The van der Waals surface area contributed by atoms with E-state index in [-0.39, 0.29) is 12.0 Å². The van der Waals surface area contributed by atoms with Gasteiger partial charge in [-0.05, 0) is 49.6 Å². The van der Waals surface area contributed by atoms with E-state index in [4.69, 9.17) is 19.3 Å². The van der Waals surface area contributed by atoms with Crippen LogP contribution >= 0.6 is 0 Å². The van der Waals surface area contributed by atoms with E-state index in [1.165, 1.54) is 7.11 Å². The number of carbonyl (C=O) groups is 1. The van der Waals surface area contributed by atoms with Gasteiger partial charge >= 0.3 is 5.97 Å². The summed E-state index contributed by atoms with van der Waals surface area (Å²) in [5, 5.41) is 5.89. The molecule has 0 bridgehead atoms. The van der Waals surface area contributed by atoms with Crippen LogP contribution in [0.1, 0.15) is 40.3 Å². The highest BCUT2D eigenvalue weighted by molar-refractivity contribution is 5.87. The number of aromatic nitrogens is 3. The van der Waals surface area contributed by atoms with Crippen molar-refractivity contribution in [1.82, 2.24) is 14.8 Å². The van der Waals surface area contributed by atoms with Gasteiger partial charge in [-0.15, -0.1) is 0 Å². The summed E-state index contributed by atoms with van der Waals surface area (Å²) in [5.41, 5.74) is 3.12. The van der Waals surface area contributed by atoms with Crippen molar-refractivity contribution in [1.29, 1.82) is 0 Å². The summed E-state index contributed by atoms with van der Waals surface area (Å²) in [6.45, 7) is 10.5. The lowest BCUT2D eigenvalue weighted by atomic mass is 9.99. The van der Waals surface area contributed by atoms with Crippen LogP contribution < -0.4 is 4.74 Å². The Morgan fingerprint density at radius 2 is 1.72 bits per heavy atom. The average molecular weight is 488 g/mol. The Morgan fingerprint density at radius 3 is 2.47 bits per heavy atom. The fourth-order valence-electron chi connectivity index (χ4n) is 3.75. The minimum absolute atomic E-state index is 0.0450. The molecule has 4 aromatic rings. The van der Waals surface area contributed by atoms with Crippen molar-refractivity contribution in [3.8, 4) is 22.7 Å². The quantitative estimate of drug-likeness (QED) is 0.285. The number of nitrogens with zero attached hydrogens (tertiary/aromatic N) is 3. The molecule has 188 valence electrons. The number of carbonyl (C=O) groups excluding carboxylic acids is 1. The first-order valence-electron chi connectivity index (χ1n) is 12.0. The molecule has 36 heavy (non-hydrogen) atoms. The summed E-state index contributed by atoms with van der Waals surface area (Å²) in [6.07, 6.45) is 1.78. The van der Waals surface area contributed by atoms with E-state index in [1.807, 2.05) is 65.3 Å². The van der Waals surface area contributed by atoms with Crippen LogP contribution in [0.3, 0.4) is 0 Å². The maximum Gasteiger partial charge on any atom is 0.337 e. The highest BCUT2D eigenvalue weighted by atomic mass is 16.6. The first-order chi connectivity index (χ1) is 17.1. The first-order valence-corrected chi connectivity index (χ1v) is 12.0. The zero-order valence-corrected chi connectivity index (χ0v) is 21.7. The molecule has 0 atom stereocenters. The third-order valence-corrected chi connectivity index (χ3v) is 5.66. The highest BCUT2D eigenvalue weighted by Crippen LogP contribution is 2.31. The largest absolute Gasteiger partial charge is 0.493 e. The molecule has 0 aliphatic rings. The van der Waals surface area contributed by atoms with Crippen LogP contribution in [0.15, 0.2) is 66.9 Å². The minimum Gasteiger partial charge on any atom is -0.493 e. The number of pyridine rings is 1. The number of benzene rings is 2. The van der Waals surface area contributed by atoms with E-state index in [9.17, 15) is 4.79 Å². The van der Waals surface area contributed by atoms with Crippen LogP contribution in [0.25, 0.3) is 27.8 Å². The molecule has 2 aromatic heterocycles. The predicted octanol–water partition coefficient (Wildman–Crippen LogP) is 5.98. The van der Waals surface area contributed by atoms with Crippen molar-refractivity contribution >= 4 is 16.9 Å². The van der Waals surface area contributed by atoms with Crippen molar-refractivity contribution in [2.24, 2.45) is 5.41 Å². The molecule has 7 heteroatoms. The average Bonchev–Trinajstić information content (AvgIpc) is 3.29. The van der Waals surface area contributed by atoms with Gasteiger partial charge in [-0.2, -0.15) is 5.10 Å². The Morgan fingerprint density at radius 1 is 0.972 bits per heavy atom. The van der Waals surface area contributed by atoms with Crippen LogP contribution in [0.2, 0.25) is 0 Å². The number of rotatable bonds is 8. The molecule has 0 spiro atoms. The Kier molecular flexibility index (Phi) is 7.13. The molecule has 0 unspecified atom stereocenters. The molecular weight excluding hydrogens is 454 g/mol. The highest BCUT2D eigenvalue weighted by Gasteiger charge is 2.30. The zero-order valence-electron chi connectivity index (χ0n) is 21.7. The number of methoxy groups -OCH3 is 1. The molecule has 2 heterocycles. The summed E-state index contributed by atoms with van der Waals surface area (Å²) in [7, 11) is 1.35. The van der Waals surface area contributed by atoms with Crippen LogP contribution in [0.5, 0.6) is 5.75 Å². The zero-order chi connectivity index (χ0) is 25.9. The second kappa shape index (κ2) is 10.1. The summed E-state index contributed by atoms with van der Waals surface area (Å²) in [5.74, 6) is 0.347. The summed E-state index contributed by atoms with van der Waals surface area (Å²) in [6, 6.07) is 19.9. The van der Waals surface area contributed by atoms with Crippen molar-refractivity contribution in [3.63, 3.8) is 0 Å². The molecule has 2 aromatic carbocycles. The molecule has 0 amide bonds. The van der Waals surface area contributed by atoms with Crippen LogP contribution in [0, 0.1) is 5.41 Å². The number of hydrogen-bond donors (Lipinski definition) is 0. The fourth-order valence-corrected chi connectivity index (χ4v) is 3.75. The van der Waals surface area contributed by atoms with E-state index in [1.54, 1.807) is 20.0 Å². The Balaban J connectivity index is 1.77. The van der Waals surface area contributed by atoms with Gasteiger partial charge in [0.1, 0.15) is 5.75 Å². The second-order valence-corrected chi connectivity index (χ2v) is 10.5. The maximum atomic E-state index is 12.1. The standard InChI is InChI=1S/C29H33N3O4/c1-28(2,3)19-35-23-13-7-11-21(16-23)25-17-22(18-36-29(4,5)27(33)34-6)31-32(25)24-14-8-10-20-12-9-15-30-26(20)24/h7-17H,18-19H2,1-6H3. The topological polar surface area (TPSA) is 75.5 Å².